The number of benzene rings is 1. The molecule has 2 saturated heterocycles. The van der Waals surface area contributed by atoms with E-state index in [9.17, 15) is 4.39 Å². The van der Waals surface area contributed by atoms with Gasteiger partial charge in [0.05, 0.1) is 18.7 Å². The van der Waals surface area contributed by atoms with E-state index in [4.69, 9.17) is 4.74 Å². The van der Waals surface area contributed by atoms with Crippen molar-refractivity contribution in [3.8, 4) is 0 Å². The topological polar surface area (TPSA) is 70.5 Å². The highest BCUT2D eigenvalue weighted by molar-refractivity contribution is 5.89. The second kappa shape index (κ2) is 7.75. The van der Waals surface area contributed by atoms with E-state index in [0.717, 1.165) is 80.8 Å². The zero-order chi connectivity index (χ0) is 19.6. The summed E-state index contributed by atoms with van der Waals surface area (Å²) in [6, 6.07) is 6.69. The first-order valence-corrected chi connectivity index (χ1v) is 9.83. The number of morpholine rings is 1. The first kappa shape index (κ1) is 18.0. The number of hydrogen-bond acceptors (Lipinski definition) is 8. The molecule has 2 aliphatic heterocycles. The number of fused-ring (bicyclic) bond motifs is 1. The molecule has 2 aliphatic rings. The van der Waals surface area contributed by atoms with Crippen molar-refractivity contribution in [2.24, 2.45) is 0 Å². The van der Waals surface area contributed by atoms with Gasteiger partial charge >= 0.3 is 0 Å². The molecule has 0 saturated carbocycles. The number of piperazine rings is 1. The van der Waals surface area contributed by atoms with E-state index < -0.39 is 0 Å². The quantitative estimate of drug-likeness (QED) is 0.664. The van der Waals surface area contributed by atoms with E-state index in [0.29, 0.717) is 0 Å². The molecule has 0 spiro atoms. The van der Waals surface area contributed by atoms with Crippen LogP contribution in [0.3, 0.4) is 0 Å². The summed E-state index contributed by atoms with van der Waals surface area (Å²) in [6.45, 7) is 6.32. The Morgan fingerprint density at radius 3 is 2.14 bits per heavy atom. The largest absolute Gasteiger partial charge is 0.378 e. The Hall–Kier alpha value is -3.07. The van der Waals surface area contributed by atoms with Crippen LogP contribution >= 0.6 is 0 Å². The summed E-state index contributed by atoms with van der Waals surface area (Å²) in [6.07, 6.45) is 3.17. The summed E-state index contributed by atoms with van der Waals surface area (Å²) in [5.74, 6) is 2.38. The van der Waals surface area contributed by atoms with Crippen LogP contribution in [0.15, 0.2) is 36.9 Å². The molecule has 0 aliphatic carbocycles. The molecule has 5 rings (SSSR count). The highest BCUT2D eigenvalue weighted by Crippen LogP contribution is 2.26. The molecule has 0 bridgehead atoms. The van der Waals surface area contributed by atoms with Crippen LogP contribution in [0.4, 0.5) is 21.8 Å². The Morgan fingerprint density at radius 2 is 1.38 bits per heavy atom. The van der Waals surface area contributed by atoms with Crippen LogP contribution in [0, 0.1) is 5.82 Å². The lowest BCUT2D eigenvalue weighted by molar-refractivity contribution is 0.122. The molecule has 0 unspecified atom stereocenters. The molecule has 2 fully saturated rings. The highest BCUT2D eigenvalue weighted by Gasteiger charge is 2.22. The van der Waals surface area contributed by atoms with Crippen LogP contribution < -0.4 is 14.7 Å². The van der Waals surface area contributed by atoms with Gasteiger partial charge in [-0.25, -0.2) is 24.3 Å². The minimum atomic E-state index is -0.274. The lowest BCUT2D eigenvalue weighted by Gasteiger charge is -2.36. The van der Waals surface area contributed by atoms with E-state index in [1.165, 1.54) is 12.1 Å². The van der Waals surface area contributed by atoms with Crippen molar-refractivity contribution in [1.29, 1.82) is 0 Å². The summed E-state index contributed by atoms with van der Waals surface area (Å²) in [7, 11) is 0. The predicted molar refractivity (Wildman–Crippen MR) is 109 cm³/mol. The lowest BCUT2D eigenvalue weighted by Crippen LogP contribution is -2.47. The number of ether oxygens (including phenoxy) is 1. The minimum absolute atomic E-state index is 0.274. The van der Waals surface area contributed by atoms with Gasteiger partial charge in [-0.1, -0.05) is 0 Å². The van der Waals surface area contributed by atoms with Crippen molar-refractivity contribution in [2.45, 2.75) is 0 Å². The third-order valence-corrected chi connectivity index (χ3v) is 5.45. The van der Waals surface area contributed by atoms with Crippen LogP contribution in [-0.4, -0.2) is 72.4 Å². The van der Waals surface area contributed by atoms with Gasteiger partial charge in [0.25, 0.3) is 0 Å². The van der Waals surface area contributed by atoms with Crippen molar-refractivity contribution >= 4 is 28.4 Å². The molecule has 0 amide bonds. The number of hydrogen-bond donors (Lipinski definition) is 0. The average Bonchev–Trinajstić information content (AvgIpc) is 2.79. The molecule has 3 aromatic rings. The van der Waals surface area contributed by atoms with Crippen LogP contribution in [-0.2, 0) is 4.74 Å². The Kier molecular flexibility index (Phi) is 4.81. The van der Waals surface area contributed by atoms with E-state index in [2.05, 4.69) is 40.7 Å². The zero-order valence-electron chi connectivity index (χ0n) is 16.0. The van der Waals surface area contributed by atoms with Gasteiger partial charge in [0.1, 0.15) is 35.9 Å². The minimum Gasteiger partial charge on any atom is -0.378 e. The molecular formula is C20H22FN7O. The molecule has 9 heteroatoms. The monoisotopic (exact) mass is 395 g/mol. The fraction of sp³-hybridized carbons (Fsp3) is 0.400. The van der Waals surface area contributed by atoms with Crippen LogP contribution in [0.25, 0.3) is 10.9 Å². The number of aromatic nitrogens is 4. The highest BCUT2D eigenvalue weighted by atomic mass is 19.1. The molecule has 1 aromatic carbocycles. The Bertz CT molecular complexity index is 1000. The summed E-state index contributed by atoms with van der Waals surface area (Å²) in [5, 5.41) is 0.748. The van der Waals surface area contributed by atoms with Crippen LogP contribution in [0.5, 0.6) is 0 Å². The van der Waals surface area contributed by atoms with E-state index in [-0.39, 0.29) is 5.82 Å². The molecule has 150 valence electrons. The fourth-order valence-corrected chi connectivity index (χ4v) is 3.89. The van der Waals surface area contributed by atoms with E-state index >= 15 is 0 Å². The Morgan fingerprint density at radius 1 is 0.724 bits per heavy atom. The summed E-state index contributed by atoms with van der Waals surface area (Å²) in [4.78, 5) is 24.3. The van der Waals surface area contributed by atoms with Gasteiger partial charge in [-0.15, -0.1) is 0 Å². The van der Waals surface area contributed by atoms with Crippen molar-refractivity contribution in [2.75, 3.05) is 67.2 Å². The van der Waals surface area contributed by atoms with Gasteiger partial charge in [0.15, 0.2) is 0 Å². The summed E-state index contributed by atoms with van der Waals surface area (Å²) < 4.78 is 19.2. The van der Waals surface area contributed by atoms with Crippen molar-refractivity contribution in [1.82, 2.24) is 19.9 Å². The third kappa shape index (κ3) is 3.65. The number of rotatable bonds is 3. The normalized spacial score (nSPS) is 17.8. The molecular weight excluding hydrogens is 373 g/mol. The molecule has 0 N–H and O–H groups in total. The SMILES string of the molecule is Fc1ccc2ncnc(N3CCN(c4cc(N5CCOCC5)ncn4)CC3)c2c1. The van der Waals surface area contributed by atoms with E-state index in [1.54, 1.807) is 18.7 Å². The second-order valence-electron chi connectivity index (χ2n) is 7.17. The van der Waals surface area contributed by atoms with Gasteiger partial charge in [0.2, 0.25) is 0 Å². The molecule has 4 heterocycles. The van der Waals surface area contributed by atoms with Gasteiger partial charge in [0, 0.05) is 50.7 Å². The standard InChI is InChI=1S/C20H22FN7O/c21-15-1-2-17-16(11-15)20(25-13-22-17)28-5-3-26(4-6-28)18-12-19(24-14-23-18)27-7-9-29-10-8-27/h1-2,11-14H,3-10H2. The molecule has 8 nitrogen and oxygen atoms in total. The van der Waals surface area contributed by atoms with Gasteiger partial charge in [-0.2, -0.15) is 0 Å². The lowest BCUT2D eigenvalue weighted by atomic mass is 10.2. The van der Waals surface area contributed by atoms with Crippen LogP contribution in [0.1, 0.15) is 0 Å². The van der Waals surface area contributed by atoms with Crippen molar-refractivity contribution < 1.29 is 9.13 Å². The summed E-state index contributed by atoms with van der Waals surface area (Å²) >= 11 is 0. The van der Waals surface area contributed by atoms with Crippen molar-refractivity contribution in [3.63, 3.8) is 0 Å². The fourth-order valence-electron chi connectivity index (χ4n) is 3.89. The molecule has 0 radical (unpaired) electrons. The second-order valence-corrected chi connectivity index (χ2v) is 7.17. The first-order valence-electron chi connectivity index (χ1n) is 9.83. The smallest absolute Gasteiger partial charge is 0.140 e. The van der Waals surface area contributed by atoms with E-state index in [1.807, 2.05) is 0 Å². The maximum Gasteiger partial charge on any atom is 0.140 e. The number of anilines is 3. The predicted octanol–water partition coefficient (Wildman–Crippen LogP) is 1.72. The average molecular weight is 395 g/mol. The molecule has 29 heavy (non-hydrogen) atoms. The first-order chi connectivity index (χ1) is 14.3. The molecule has 0 atom stereocenters. The number of halogens is 1. The van der Waals surface area contributed by atoms with Gasteiger partial charge in [-0.05, 0) is 18.2 Å². The van der Waals surface area contributed by atoms with Gasteiger partial charge in [-0.3, -0.25) is 0 Å². The van der Waals surface area contributed by atoms with Crippen LogP contribution in [0.2, 0.25) is 0 Å². The maximum absolute atomic E-state index is 13.8. The molecule has 2 aromatic heterocycles. The summed E-state index contributed by atoms with van der Waals surface area (Å²) in [5.41, 5.74) is 0.754. The van der Waals surface area contributed by atoms with Crippen molar-refractivity contribution in [3.05, 3.63) is 42.7 Å². The zero-order valence-corrected chi connectivity index (χ0v) is 16.0. The Balaban J connectivity index is 1.32. The Labute approximate surface area is 168 Å². The van der Waals surface area contributed by atoms with Gasteiger partial charge < -0.3 is 19.4 Å². The third-order valence-electron chi connectivity index (χ3n) is 5.45. The number of nitrogens with zero attached hydrogens (tertiary/aromatic N) is 7. The maximum atomic E-state index is 13.8.